The Hall–Kier alpha value is -4.33. The Morgan fingerprint density at radius 3 is 2.29 bits per heavy atom. The molecule has 3 atom stereocenters. The Kier molecular flexibility index (Phi) is 13.1. The van der Waals surface area contributed by atoms with E-state index >= 15 is 0 Å². The Labute approximate surface area is 242 Å². The summed E-state index contributed by atoms with van der Waals surface area (Å²) in [6.45, 7) is 7.60. The van der Waals surface area contributed by atoms with Gasteiger partial charge in [-0.15, -0.1) is 0 Å². The van der Waals surface area contributed by atoms with E-state index in [1.54, 1.807) is 55.9 Å². The molecule has 2 aromatic heterocycles. The van der Waals surface area contributed by atoms with Crippen LogP contribution in [0.1, 0.15) is 27.7 Å². The van der Waals surface area contributed by atoms with E-state index < -0.39 is 25.4 Å². The Morgan fingerprint density at radius 1 is 1.05 bits per heavy atom. The van der Waals surface area contributed by atoms with Gasteiger partial charge >= 0.3 is 25.4 Å². The maximum absolute atomic E-state index is 13.6. The Bertz CT molecular complexity index is 1400. The summed E-state index contributed by atoms with van der Waals surface area (Å²) in [6.07, 6.45) is 3.30. The molecule has 0 radical (unpaired) electrons. The number of rotatable bonds is 14. The summed E-state index contributed by atoms with van der Waals surface area (Å²) in [5.74, 6) is -2.68. The normalized spacial score (nSPS) is 14.0. The third-order valence-electron chi connectivity index (χ3n) is 5.17. The van der Waals surface area contributed by atoms with Gasteiger partial charge in [-0.2, -0.15) is 0 Å². The lowest BCUT2D eigenvalue weighted by atomic mass is 10.2. The Morgan fingerprint density at radius 2 is 1.69 bits per heavy atom. The van der Waals surface area contributed by atoms with Crippen LogP contribution in [0.5, 0.6) is 5.75 Å². The van der Waals surface area contributed by atoms with Crippen LogP contribution in [0.4, 0.5) is 5.82 Å². The van der Waals surface area contributed by atoms with E-state index in [1.807, 2.05) is 13.0 Å². The number of aliphatic carboxylic acids is 2. The monoisotopic (exact) mass is 606 g/mol. The molecular weight excluding hydrogens is 571 g/mol. The number of ether oxygens (including phenoxy) is 2. The molecule has 0 saturated heterocycles. The number of hydrogen-bond donors (Lipinski definition) is 4. The molecule has 3 rings (SSSR count). The second-order valence-electron chi connectivity index (χ2n) is 9.27. The molecule has 1 aromatic carbocycles. The number of carbonyl (C=O) groups excluding carboxylic acids is 1. The second kappa shape index (κ2) is 16.2. The molecule has 228 valence electrons. The summed E-state index contributed by atoms with van der Waals surface area (Å²) < 4.78 is 32.3. The lowest BCUT2D eigenvalue weighted by Crippen LogP contribution is -2.30. The lowest BCUT2D eigenvalue weighted by Gasteiger charge is -2.24. The third-order valence-corrected chi connectivity index (χ3v) is 6.83. The highest BCUT2D eigenvalue weighted by Gasteiger charge is 2.29. The highest BCUT2D eigenvalue weighted by molar-refractivity contribution is 7.57. The number of imidazole rings is 1. The average molecular weight is 607 g/mol. The molecule has 5 N–H and O–H groups in total. The van der Waals surface area contributed by atoms with Gasteiger partial charge in [-0.25, -0.2) is 29.6 Å². The van der Waals surface area contributed by atoms with Gasteiger partial charge in [0.15, 0.2) is 11.5 Å². The van der Waals surface area contributed by atoms with E-state index in [0.29, 0.717) is 41.4 Å². The van der Waals surface area contributed by atoms with Crippen molar-refractivity contribution >= 4 is 42.4 Å². The van der Waals surface area contributed by atoms with Crippen LogP contribution < -0.4 is 15.3 Å². The second-order valence-corrected chi connectivity index (χ2v) is 11.4. The van der Waals surface area contributed by atoms with Gasteiger partial charge in [0.1, 0.15) is 23.9 Å². The largest absolute Gasteiger partial charge is 0.478 e. The van der Waals surface area contributed by atoms with Gasteiger partial charge in [-0.05, 0) is 32.9 Å². The van der Waals surface area contributed by atoms with Crippen LogP contribution in [0.2, 0.25) is 0 Å². The number of para-hydroxylation sites is 1. The van der Waals surface area contributed by atoms with Gasteiger partial charge < -0.3 is 34.5 Å². The van der Waals surface area contributed by atoms with Crippen molar-refractivity contribution < 1.29 is 43.2 Å². The molecule has 15 nitrogen and oxygen atoms in total. The Balaban J connectivity index is 0.000000675. The van der Waals surface area contributed by atoms with Crippen LogP contribution in [-0.2, 0) is 35.0 Å². The summed E-state index contributed by atoms with van der Waals surface area (Å²) in [5.41, 5.74) is 6.94. The summed E-state index contributed by atoms with van der Waals surface area (Å²) in [5, 5.41) is 18.5. The predicted molar refractivity (Wildman–Crippen MR) is 153 cm³/mol. The third kappa shape index (κ3) is 11.6. The average Bonchev–Trinajstić information content (AvgIpc) is 3.34. The van der Waals surface area contributed by atoms with Crippen molar-refractivity contribution in [1.82, 2.24) is 24.6 Å². The van der Waals surface area contributed by atoms with Crippen molar-refractivity contribution in [3.05, 3.63) is 55.1 Å². The van der Waals surface area contributed by atoms with Gasteiger partial charge in [0.2, 0.25) is 0 Å². The number of carboxylic acids is 2. The standard InChI is InChI=1S/C22H31N6O5P.C4H4O4/c1-15(2)32-22(29)16(3)10-27-34(30,33-18-8-6-5-7-9-18)14-31-17(4)11-28-13-26-19-20(23)24-12-25-21(19)28;5-3(6)1-2-4(7)8/h5-9,12-13,15-17H,10-11,14H2,1-4H3,(H,27,30)(H2,23,24,25);1-2H,(H,5,6)(H,7,8)/b;2-1-/t16-,17+,34+;/m0./s1. The molecule has 0 spiro atoms. The number of nitrogens with one attached hydrogen (secondary N) is 1. The number of fused-ring (bicyclic) bond motifs is 1. The van der Waals surface area contributed by atoms with Gasteiger partial charge in [0, 0.05) is 18.7 Å². The molecule has 0 fully saturated rings. The minimum absolute atomic E-state index is 0.107. The number of carboxylic acid groups (broad SMARTS) is 2. The summed E-state index contributed by atoms with van der Waals surface area (Å²) >= 11 is 0. The van der Waals surface area contributed by atoms with E-state index in [4.69, 9.17) is 29.9 Å². The molecule has 42 heavy (non-hydrogen) atoms. The van der Waals surface area contributed by atoms with E-state index in [2.05, 4.69) is 20.0 Å². The maximum atomic E-state index is 13.6. The summed E-state index contributed by atoms with van der Waals surface area (Å²) in [4.78, 5) is 43.7. The molecule has 2 heterocycles. The topological polar surface area (TPSA) is 218 Å². The molecule has 0 bridgehead atoms. The van der Waals surface area contributed by atoms with Crippen LogP contribution in [0.25, 0.3) is 11.2 Å². The SMILES string of the molecule is CC(C)OC(=O)[C@@H](C)CN[P@@](=O)(CO[C@H](C)Cn1cnc2c(N)ncnc21)Oc1ccccc1.O=C(O)/C=C\C(=O)O. The number of carbonyl (C=O) groups is 3. The number of anilines is 1. The molecule has 0 amide bonds. The fourth-order valence-electron chi connectivity index (χ4n) is 3.19. The van der Waals surface area contributed by atoms with Crippen LogP contribution >= 0.6 is 7.52 Å². The number of benzene rings is 1. The molecule has 0 saturated carbocycles. The first-order chi connectivity index (χ1) is 19.8. The van der Waals surface area contributed by atoms with Crippen molar-refractivity contribution in [2.24, 2.45) is 5.92 Å². The molecule has 0 aliphatic rings. The highest BCUT2D eigenvalue weighted by Crippen LogP contribution is 2.43. The molecule has 0 aliphatic heterocycles. The van der Waals surface area contributed by atoms with Crippen molar-refractivity contribution in [3.63, 3.8) is 0 Å². The molecule has 0 aliphatic carbocycles. The first-order valence-corrected chi connectivity index (χ1v) is 14.6. The fraction of sp³-hybridized carbons (Fsp3) is 0.385. The minimum atomic E-state index is -3.52. The number of nitrogens with two attached hydrogens (primary N) is 1. The predicted octanol–water partition coefficient (Wildman–Crippen LogP) is 2.93. The van der Waals surface area contributed by atoms with Crippen molar-refractivity contribution in [1.29, 1.82) is 0 Å². The highest BCUT2D eigenvalue weighted by atomic mass is 31.2. The van der Waals surface area contributed by atoms with Gasteiger partial charge in [0.25, 0.3) is 0 Å². The van der Waals surface area contributed by atoms with Crippen molar-refractivity contribution in [2.75, 3.05) is 18.6 Å². The van der Waals surface area contributed by atoms with E-state index in [1.165, 1.54) is 6.33 Å². The molecular formula is C26H35N6O9P. The number of esters is 1. The van der Waals surface area contributed by atoms with Crippen LogP contribution in [0.3, 0.4) is 0 Å². The molecule has 16 heteroatoms. The maximum Gasteiger partial charge on any atom is 0.341 e. The van der Waals surface area contributed by atoms with Crippen molar-refractivity contribution in [2.45, 2.75) is 46.4 Å². The van der Waals surface area contributed by atoms with Gasteiger partial charge in [-0.1, -0.05) is 25.1 Å². The zero-order valence-corrected chi connectivity index (χ0v) is 24.5. The number of hydrogen-bond acceptors (Lipinski definition) is 11. The molecule has 3 aromatic rings. The van der Waals surface area contributed by atoms with Gasteiger partial charge in [0.05, 0.1) is 31.0 Å². The van der Waals surface area contributed by atoms with E-state index in [-0.39, 0.29) is 31.1 Å². The number of nitrogens with zero attached hydrogens (tertiary/aromatic N) is 4. The fourth-order valence-corrected chi connectivity index (χ4v) is 4.87. The van der Waals surface area contributed by atoms with Crippen molar-refractivity contribution in [3.8, 4) is 5.75 Å². The first-order valence-electron chi connectivity index (χ1n) is 12.8. The number of aromatic nitrogens is 4. The van der Waals surface area contributed by atoms with Gasteiger partial charge in [-0.3, -0.25) is 9.36 Å². The first kappa shape index (κ1) is 33.9. The summed E-state index contributed by atoms with van der Waals surface area (Å²) in [7, 11) is -3.52. The number of nitrogen functional groups attached to an aromatic ring is 1. The lowest BCUT2D eigenvalue weighted by molar-refractivity contribution is -0.151. The quantitative estimate of drug-likeness (QED) is 0.118. The minimum Gasteiger partial charge on any atom is -0.478 e. The van der Waals surface area contributed by atoms with E-state index in [0.717, 1.165) is 0 Å². The van der Waals surface area contributed by atoms with Crippen LogP contribution in [0.15, 0.2) is 55.1 Å². The van der Waals surface area contributed by atoms with Crippen LogP contribution in [-0.4, -0.2) is 72.7 Å². The summed E-state index contributed by atoms with van der Waals surface area (Å²) in [6, 6.07) is 8.80. The molecule has 0 unspecified atom stereocenters. The zero-order chi connectivity index (χ0) is 31.3. The smallest absolute Gasteiger partial charge is 0.341 e. The van der Waals surface area contributed by atoms with E-state index in [9.17, 15) is 18.9 Å². The zero-order valence-electron chi connectivity index (χ0n) is 23.6. The van der Waals surface area contributed by atoms with Crippen LogP contribution in [0, 0.1) is 5.92 Å².